The van der Waals surface area contributed by atoms with Gasteiger partial charge in [0.15, 0.2) is 0 Å². The third-order valence-corrected chi connectivity index (χ3v) is 5.32. The summed E-state index contributed by atoms with van der Waals surface area (Å²) in [5, 5.41) is 2.71. The summed E-state index contributed by atoms with van der Waals surface area (Å²) in [4.78, 5) is 12.2. The molecule has 1 amide bonds. The summed E-state index contributed by atoms with van der Waals surface area (Å²) < 4.78 is 25.7. The van der Waals surface area contributed by atoms with Crippen LogP contribution in [0.1, 0.15) is 26.3 Å². The summed E-state index contributed by atoms with van der Waals surface area (Å²) in [7, 11) is -0.608. The van der Waals surface area contributed by atoms with Crippen LogP contribution in [0.25, 0.3) is 0 Å². The van der Waals surface area contributed by atoms with Crippen molar-refractivity contribution in [3.8, 4) is 0 Å². The van der Waals surface area contributed by atoms with Crippen LogP contribution in [0.5, 0.6) is 0 Å². The Morgan fingerprint density at radius 3 is 2.26 bits per heavy atom. The van der Waals surface area contributed by atoms with Gasteiger partial charge in [-0.2, -0.15) is 0 Å². The molecule has 0 saturated carbocycles. The summed E-state index contributed by atoms with van der Waals surface area (Å²) in [6, 6.07) is 5.94. The van der Waals surface area contributed by atoms with Crippen LogP contribution < -0.4 is 11.1 Å². The number of carbonyl (C=O) groups is 1. The molecule has 0 unspecified atom stereocenters. The van der Waals surface area contributed by atoms with Crippen LogP contribution in [0.2, 0.25) is 0 Å². The molecule has 1 aromatic rings. The van der Waals surface area contributed by atoms with Gasteiger partial charge in [-0.3, -0.25) is 4.79 Å². The van der Waals surface area contributed by atoms with Crippen LogP contribution in [-0.2, 0) is 21.4 Å². The minimum Gasteiger partial charge on any atom is -0.351 e. The van der Waals surface area contributed by atoms with Gasteiger partial charge in [-0.1, -0.05) is 39.0 Å². The van der Waals surface area contributed by atoms with E-state index in [4.69, 9.17) is 5.73 Å². The smallest absolute Gasteiger partial charge is 0.242 e. The third kappa shape index (κ3) is 5.46. The first-order valence-corrected chi connectivity index (χ1v) is 8.45. The molecule has 0 radical (unpaired) electrons. The van der Waals surface area contributed by atoms with E-state index in [1.165, 1.54) is 20.2 Å². The van der Waals surface area contributed by atoms with Crippen molar-refractivity contribution in [2.24, 2.45) is 11.1 Å². The number of sulfonamides is 1. The van der Waals surface area contributed by atoms with E-state index >= 15 is 0 Å². The predicted molar refractivity (Wildman–Crippen MR) is 93.8 cm³/mol. The van der Waals surface area contributed by atoms with Crippen molar-refractivity contribution in [3.05, 3.63) is 29.8 Å². The van der Waals surface area contributed by atoms with Crippen molar-refractivity contribution >= 4 is 28.3 Å². The van der Waals surface area contributed by atoms with Crippen molar-refractivity contribution in [1.82, 2.24) is 9.62 Å². The van der Waals surface area contributed by atoms with Gasteiger partial charge in [-0.05, 0) is 17.0 Å². The molecule has 8 heteroatoms. The number of benzene rings is 1. The number of nitrogens with one attached hydrogen (secondary N) is 1. The van der Waals surface area contributed by atoms with Gasteiger partial charge in [0.2, 0.25) is 15.9 Å². The van der Waals surface area contributed by atoms with Gasteiger partial charge in [0.1, 0.15) is 0 Å². The van der Waals surface area contributed by atoms with Gasteiger partial charge in [-0.15, -0.1) is 12.4 Å². The number of rotatable bonds is 5. The molecule has 0 saturated heterocycles. The molecule has 1 atom stereocenters. The van der Waals surface area contributed by atoms with Crippen molar-refractivity contribution in [3.63, 3.8) is 0 Å². The molecule has 6 nitrogen and oxygen atoms in total. The van der Waals surface area contributed by atoms with Crippen LogP contribution in [0, 0.1) is 5.41 Å². The Balaban J connectivity index is 0.00000484. The summed E-state index contributed by atoms with van der Waals surface area (Å²) in [6.07, 6.45) is 0. The van der Waals surface area contributed by atoms with Gasteiger partial charge in [0, 0.05) is 20.6 Å². The van der Waals surface area contributed by atoms with E-state index < -0.39 is 16.1 Å². The average Bonchev–Trinajstić information content (AvgIpc) is 2.43. The number of hydrogen-bond acceptors (Lipinski definition) is 4. The quantitative estimate of drug-likeness (QED) is 0.825. The lowest BCUT2D eigenvalue weighted by atomic mass is 9.87. The molecule has 0 spiro atoms. The maximum absolute atomic E-state index is 12.3. The molecule has 0 aliphatic heterocycles. The number of carbonyl (C=O) groups excluding carboxylic acids is 1. The number of halogens is 1. The molecule has 0 bridgehead atoms. The molecular weight excluding hydrogens is 338 g/mol. The average molecular weight is 364 g/mol. The SMILES string of the molecule is CN(C)S(=O)(=O)c1ccccc1CNC(=O)[C@@H](N)C(C)(C)C.Cl. The van der Waals surface area contributed by atoms with Crippen LogP contribution in [0.15, 0.2) is 29.2 Å². The standard InChI is InChI=1S/C15H25N3O3S.ClH/c1-15(2,3)13(16)14(19)17-10-11-8-6-7-9-12(11)22(20,21)18(4)5;/h6-9,13H,10,16H2,1-5H3,(H,17,19);1H/t13-;/m1./s1. The lowest BCUT2D eigenvalue weighted by Gasteiger charge is -2.26. The Kier molecular flexibility index (Phi) is 7.69. The highest BCUT2D eigenvalue weighted by atomic mass is 35.5. The number of nitrogens with zero attached hydrogens (tertiary/aromatic N) is 1. The second-order valence-electron chi connectivity index (χ2n) is 6.46. The van der Waals surface area contributed by atoms with Crippen LogP contribution in [0.4, 0.5) is 0 Å². The fourth-order valence-electron chi connectivity index (χ4n) is 1.78. The van der Waals surface area contributed by atoms with Gasteiger partial charge >= 0.3 is 0 Å². The van der Waals surface area contributed by atoms with E-state index in [-0.39, 0.29) is 35.2 Å². The van der Waals surface area contributed by atoms with E-state index in [0.717, 1.165) is 4.31 Å². The molecule has 23 heavy (non-hydrogen) atoms. The molecule has 132 valence electrons. The van der Waals surface area contributed by atoms with E-state index in [0.29, 0.717) is 5.56 Å². The Hall–Kier alpha value is -1.15. The van der Waals surface area contributed by atoms with Crippen LogP contribution in [-0.4, -0.2) is 38.8 Å². The predicted octanol–water partition coefficient (Wildman–Crippen LogP) is 1.35. The highest BCUT2D eigenvalue weighted by Gasteiger charge is 2.27. The minimum atomic E-state index is -3.55. The Morgan fingerprint density at radius 1 is 1.26 bits per heavy atom. The molecule has 0 aliphatic rings. The largest absolute Gasteiger partial charge is 0.351 e. The second kappa shape index (κ2) is 8.10. The molecule has 0 heterocycles. The summed E-state index contributed by atoms with van der Waals surface area (Å²) in [6.45, 7) is 5.75. The van der Waals surface area contributed by atoms with E-state index in [1.54, 1.807) is 18.2 Å². The van der Waals surface area contributed by atoms with E-state index in [1.807, 2.05) is 20.8 Å². The van der Waals surface area contributed by atoms with E-state index in [9.17, 15) is 13.2 Å². The third-order valence-electron chi connectivity index (χ3n) is 3.40. The van der Waals surface area contributed by atoms with Gasteiger partial charge in [-0.25, -0.2) is 12.7 Å². The highest BCUT2D eigenvalue weighted by Crippen LogP contribution is 2.20. The molecular formula is C15H26ClN3O3S. The lowest BCUT2D eigenvalue weighted by molar-refractivity contribution is -0.124. The molecule has 0 aliphatic carbocycles. The van der Waals surface area contributed by atoms with Gasteiger partial charge < -0.3 is 11.1 Å². The van der Waals surface area contributed by atoms with Crippen molar-refractivity contribution < 1.29 is 13.2 Å². The van der Waals surface area contributed by atoms with Crippen molar-refractivity contribution in [1.29, 1.82) is 0 Å². The number of amides is 1. The Bertz CT molecular complexity index is 640. The van der Waals surface area contributed by atoms with Crippen molar-refractivity contribution in [2.45, 2.75) is 38.3 Å². The Morgan fingerprint density at radius 2 is 1.78 bits per heavy atom. The topological polar surface area (TPSA) is 92.5 Å². The maximum Gasteiger partial charge on any atom is 0.242 e. The first-order valence-electron chi connectivity index (χ1n) is 7.01. The first kappa shape index (κ1) is 21.9. The molecule has 1 rings (SSSR count). The zero-order chi connectivity index (χ0) is 17.1. The van der Waals surface area contributed by atoms with Crippen LogP contribution >= 0.6 is 12.4 Å². The highest BCUT2D eigenvalue weighted by molar-refractivity contribution is 7.89. The molecule has 3 N–H and O–H groups in total. The molecule has 1 aromatic carbocycles. The maximum atomic E-state index is 12.3. The lowest BCUT2D eigenvalue weighted by Crippen LogP contribution is -2.48. The summed E-state index contributed by atoms with van der Waals surface area (Å²) in [5.74, 6) is -0.301. The summed E-state index contributed by atoms with van der Waals surface area (Å²) >= 11 is 0. The monoisotopic (exact) mass is 363 g/mol. The van der Waals surface area contributed by atoms with E-state index in [2.05, 4.69) is 5.32 Å². The van der Waals surface area contributed by atoms with Gasteiger partial charge in [0.25, 0.3) is 0 Å². The molecule has 0 aromatic heterocycles. The van der Waals surface area contributed by atoms with Crippen LogP contribution in [0.3, 0.4) is 0 Å². The first-order chi connectivity index (χ1) is 9.98. The fourth-order valence-corrected chi connectivity index (χ4v) is 2.90. The zero-order valence-corrected chi connectivity index (χ0v) is 15.8. The minimum absolute atomic E-state index is 0. The number of hydrogen-bond donors (Lipinski definition) is 2. The normalized spacial score (nSPS) is 13.3. The van der Waals surface area contributed by atoms with Crippen molar-refractivity contribution in [2.75, 3.05) is 14.1 Å². The molecule has 0 fully saturated rings. The van der Waals surface area contributed by atoms with Gasteiger partial charge in [0.05, 0.1) is 10.9 Å². The fraction of sp³-hybridized carbons (Fsp3) is 0.533. The Labute approximate surface area is 144 Å². The summed E-state index contributed by atoms with van der Waals surface area (Å²) in [5.41, 5.74) is 6.06. The number of nitrogens with two attached hydrogens (primary N) is 1. The second-order valence-corrected chi connectivity index (χ2v) is 8.58. The zero-order valence-electron chi connectivity index (χ0n) is 14.2.